The molecule has 172 valence electrons. The van der Waals surface area contributed by atoms with E-state index in [4.69, 9.17) is 4.74 Å². The van der Waals surface area contributed by atoms with Crippen LogP contribution in [0.4, 0.5) is 9.52 Å². The number of rotatable bonds is 6. The molecular weight excluding hydrogens is 461 g/mol. The molecule has 1 aromatic heterocycles. The Balaban J connectivity index is 1.46. The Morgan fingerprint density at radius 1 is 0.943 bits per heavy atom. The molecule has 5 nitrogen and oxygen atoms in total. The van der Waals surface area contributed by atoms with Gasteiger partial charge in [0.25, 0.3) is 5.91 Å². The van der Waals surface area contributed by atoms with Crippen LogP contribution in [-0.2, 0) is 0 Å². The normalized spacial score (nSPS) is 11.1. The van der Waals surface area contributed by atoms with E-state index in [0.29, 0.717) is 32.4 Å². The molecule has 0 saturated carbocycles. The minimum absolute atomic E-state index is 0.351. The zero-order valence-electron chi connectivity index (χ0n) is 18.8. The Hall–Kier alpha value is -4.36. The van der Waals surface area contributed by atoms with Crippen molar-refractivity contribution >= 4 is 38.8 Å². The number of anilines is 1. The minimum Gasteiger partial charge on any atom is -0.457 e. The molecule has 1 amide bonds. The van der Waals surface area contributed by atoms with Gasteiger partial charge < -0.3 is 4.74 Å². The predicted molar refractivity (Wildman–Crippen MR) is 138 cm³/mol. The smallest absolute Gasteiger partial charge is 0.280 e. The monoisotopic (exact) mass is 481 g/mol. The standard InChI is InChI=1S/C28H20FN3O2S/c1-19-7-9-20(10-8-19)18-30-32(28-31-25-16-13-22(29)17-26(25)35-28)27(33)21-11-14-24(15-12-21)34-23-5-3-2-4-6-23/h2-18H,1H3/b30-18+. The van der Waals surface area contributed by atoms with E-state index in [1.54, 1.807) is 36.5 Å². The number of hydrogen-bond acceptors (Lipinski definition) is 5. The second-order valence-electron chi connectivity index (χ2n) is 7.82. The van der Waals surface area contributed by atoms with Gasteiger partial charge in [-0.1, -0.05) is 59.4 Å². The van der Waals surface area contributed by atoms with Crippen LogP contribution in [0.2, 0.25) is 0 Å². The number of carbonyl (C=O) groups is 1. The first-order valence-electron chi connectivity index (χ1n) is 10.9. The molecule has 0 unspecified atom stereocenters. The molecular formula is C28H20FN3O2S. The van der Waals surface area contributed by atoms with E-state index in [9.17, 15) is 9.18 Å². The van der Waals surface area contributed by atoms with E-state index in [1.807, 2.05) is 61.5 Å². The summed E-state index contributed by atoms with van der Waals surface area (Å²) in [5.41, 5.74) is 2.98. The molecule has 0 atom stereocenters. The summed E-state index contributed by atoms with van der Waals surface area (Å²) in [4.78, 5) is 18.0. The van der Waals surface area contributed by atoms with Gasteiger partial charge in [0, 0.05) is 5.56 Å². The molecule has 35 heavy (non-hydrogen) atoms. The lowest BCUT2D eigenvalue weighted by atomic mass is 10.2. The van der Waals surface area contributed by atoms with Crippen LogP contribution in [0.15, 0.2) is 102 Å². The number of carbonyl (C=O) groups excluding carboxylic acids is 1. The fourth-order valence-electron chi connectivity index (χ4n) is 3.35. The zero-order valence-corrected chi connectivity index (χ0v) is 19.6. The van der Waals surface area contributed by atoms with E-state index in [0.717, 1.165) is 11.1 Å². The van der Waals surface area contributed by atoms with Crippen molar-refractivity contribution in [2.75, 3.05) is 5.01 Å². The van der Waals surface area contributed by atoms with Gasteiger partial charge in [-0.3, -0.25) is 4.79 Å². The van der Waals surface area contributed by atoms with Crippen LogP contribution in [0, 0.1) is 12.7 Å². The maximum atomic E-state index is 13.7. The maximum absolute atomic E-state index is 13.7. The Morgan fingerprint density at radius 3 is 2.40 bits per heavy atom. The highest BCUT2D eigenvalue weighted by Gasteiger charge is 2.21. The lowest BCUT2D eigenvalue weighted by Gasteiger charge is -2.14. The summed E-state index contributed by atoms with van der Waals surface area (Å²) in [6, 6.07) is 28.4. The van der Waals surface area contributed by atoms with Gasteiger partial charge in [-0.15, -0.1) is 0 Å². The van der Waals surface area contributed by atoms with Crippen LogP contribution in [-0.4, -0.2) is 17.1 Å². The lowest BCUT2D eigenvalue weighted by Crippen LogP contribution is -2.25. The molecule has 0 spiro atoms. The number of amides is 1. The quantitative estimate of drug-likeness (QED) is 0.190. The highest BCUT2D eigenvalue weighted by atomic mass is 32.1. The van der Waals surface area contributed by atoms with E-state index in [2.05, 4.69) is 10.1 Å². The SMILES string of the molecule is Cc1ccc(/C=N/N(C(=O)c2ccc(Oc3ccccc3)cc2)c2nc3ccc(F)cc3s2)cc1. The van der Waals surface area contributed by atoms with Gasteiger partial charge in [0.2, 0.25) is 5.13 Å². The van der Waals surface area contributed by atoms with Crippen LogP contribution in [0.3, 0.4) is 0 Å². The summed E-state index contributed by atoms with van der Waals surface area (Å²) < 4.78 is 20.2. The molecule has 0 fully saturated rings. The van der Waals surface area contributed by atoms with Gasteiger partial charge in [0.1, 0.15) is 17.3 Å². The number of thiazole rings is 1. The molecule has 0 aliphatic heterocycles. The summed E-state index contributed by atoms with van der Waals surface area (Å²) in [7, 11) is 0. The molecule has 0 N–H and O–H groups in total. The summed E-state index contributed by atoms with van der Waals surface area (Å²) >= 11 is 1.20. The third kappa shape index (κ3) is 5.26. The third-order valence-corrected chi connectivity index (χ3v) is 6.19. The first-order chi connectivity index (χ1) is 17.0. The van der Waals surface area contributed by atoms with Crippen molar-refractivity contribution in [3.8, 4) is 11.5 Å². The Kier molecular flexibility index (Phi) is 6.32. The molecule has 1 heterocycles. The average molecular weight is 482 g/mol. The number of aryl methyl sites for hydroxylation is 1. The second kappa shape index (κ2) is 9.87. The minimum atomic E-state index is -0.362. The van der Waals surface area contributed by atoms with Gasteiger partial charge >= 0.3 is 0 Å². The highest BCUT2D eigenvalue weighted by molar-refractivity contribution is 7.22. The number of ether oxygens (including phenoxy) is 1. The fourth-order valence-corrected chi connectivity index (χ4v) is 4.30. The summed E-state index contributed by atoms with van der Waals surface area (Å²) in [6.07, 6.45) is 1.61. The van der Waals surface area contributed by atoms with Gasteiger partial charge in [0.15, 0.2) is 0 Å². The Morgan fingerprint density at radius 2 is 1.66 bits per heavy atom. The van der Waals surface area contributed by atoms with E-state index >= 15 is 0 Å². The van der Waals surface area contributed by atoms with Crippen molar-refractivity contribution in [2.45, 2.75) is 6.92 Å². The molecule has 0 aliphatic rings. The summed E-state index contributed by atoms with van der Waals surface area (Å²) in [5.74, 6) is 0.595. The van der Waals surface area contributed by atoms with Gasteiger partial charge in [-0.25, -0.2) is 9.37 Å². The van der Waals surface area contributed by atoms with Crippen molar-refractivity contribution in [3.63, 3.8) is 0 Å². The van der Waals surface area contributed by atoms with Crippen LogP contribution < -0.4 is 9.75 Å². The molecule has 7 heteroatoms. The Labute approximate surface area is 205 Å². The van der Waals surface area contributed by atoms with E-state index in [1.165, 1.54) is 28.5 Å². The topological polar surface area (TPSA) is 54.8 Å². The first kappa shape index (κ1) is 22.4. The molecule has 0 radical (unpaired) electrons. The molecule has 0 bridgehead atoms. The molecule has 0 aliphatic carbocycles. The van der Waals surface area contributed by atoms with E-state index in [-0.39, 0.29) is 11.7 Å². The largest absolute Gasteiger partial charge is 0.457 e. The van der Waals surface area contributed by atoms with Gasteiger partial charge in [0.05, 0.1) is 16.4 Å². The van der Waals surface area contributed by atoms with Gasteiger partial charge in [-0.05, 0) is 67.1 Å². The molecule has 5 aromatic rings. The number of nitrogens with zero attached hydrogens (tertiary/aromatic N) is 3. The van der Waals surface area contributed by atoms with Crippen LogP contribution in [0.5, 0.6) is 11.5 Å². The van der Waals surface area contributed by atoms with Crippen molar-refractivity contribution in [1.29, 1.82) is 0 Å². The summed E-state index contributed by atoms with van der Waals surface area (Å²) in [6.45, 7) is 2.00. The van der Waals surface area contributed by atoms with Crippen LogP contribution in [0.25, 0.3) is 10.2 Å². The zero-order chi connectivity index (χ0) is 24.2. The van der Waals surface area contributed by atoms with Crippen molar-refractivity contribution in [3.05, 3.63) is 120 Å². The maximum Gasteiger partial charge on any atom is 0.280 e. The van der Waals surface area contributed by atoms with Crippen molar-refractivity contribution < 1.29 is 13.9 Å². The number of halogens is 1. The third-order valence-electron chi connectivity index (χ3n) is 5.19. The molecule has 0 saturated heterocycles. The van der Waals surface area contributed by atoms with Gasteiger partial charge in [-0.2, -0.15) is 10.1 Å². The predicted octanol–water partition coefficient (Wildman–Crippen LogP) is 7.22. The number of para-hydroxylation sites is 1. The lowest BCUT2D eigenvalue weighted by molar-refractivity contribution is 0.0988. The summed E-state index contributed by atoms with van der Waals surface area (Å²) in [5, 5.41) is 6.06. The number of hydrazone groups is 1. The van der Waals surface area contributed by atoms with Crippen molar-refractivity contribution in [2.24, 2.45) is 5.10 Å². The first-order valence-corrected chi connectivity index (χ1v) is 11.7. The number of aromatic nitrogens is 1. The number of hydrogen-bond donors (Lipinski definition) is 0. The highest BCUT2D eigenvalue weighted by Crippen LogP contribution is 2.31. The Bertz CT molecular complexity index is 1500. The van der Waals surface area contributed by atoms with Crippen molar-refractivity contribution in [1.82, 2.24) is 4.98 Å². The number of benzene rings is 4. The van der Waals surface area contributed by atoms with E-state index < -0.39 is 0 Å². The van der Waals surface area contributed by atoms with Crippen LogP contribution >= 0.6 is 11.3 Å². The molecule has 5 rings (SSSR count). The second-order valence-corrected chi connectivity index (χ2v) is 8.83. The fraction of sp³-hybridized carbons (Fsp3) is 0.0357. The molecule has 4 aromatic carbocycles. The average Bonchev–Trinajstić information content (AvgIpc) is 3.29. The number of fused-ring (bicyclic) bond motifs is 1. The van der Waals surface area contributed by atoms with Crippen LogP contribution in [0.1, 0.15) is 21.5 Å².